The molecule has 1 aromatic heterocycles. The molecule has 23 heavy (non-hydrogen) atoms. The van der Waals surface area contributed by atoms with E-state index in [-0.39, 0.29) is 4.90 Å². The molecule has 1 N–H and O–H groups in total. The lowest BCUT2D eigenvalue weighted by molar-refractivity contribution is 0.495. The molecule has 0 fully saturated rings. The number of hydrogen-bond donors (Lipinski definition) is 1. The maximum absolute atomic E-state index is 12.3. The van der Waals surface area contributed by atoms with Crippen LogP contribution in [0.1, 0.15) is 11.7 Å². The van der Waals surface area contributed by atoms with E-state index in [1.165, 1.54) is 0 Å². The number of anilines is 1. The summed E-state index contributed by atoms with van der Waals surface area (Å²) >= 11 is 0. The molecule has 6 heteroatoms. The summed E-state index contributed by atoms with van der Waals surface area (Å²) in [6.07, 6.45) is 0. The third-order valence-electron chi connectivity index (χ3n) is 3.37. The third kappa shape index (κ3) is 3.27. The van der Waals surface area contributed by atoms with Crippen molar-refractivity contribution in [1.82, 2.24) is 4.98 Å². The van der Waals surface area contributed by atoms with E-state index in [2.05, 4.69) is 9.71 Å². The van der Waals surface area contributed by atoms with Gasteiger partial charge in [0.1, 0.15) is 11.5 Å². The van der Waals surface area contributed by atoms with Crippen molar-refractivity contribution in [2.24, 2.45) is 0 Å². The number of rotatable bonds is 4. The predicted molar refractivity (Wildman–Crippen MR) is 88.7 cm³/mol. The van der Waals surface area contributed by atoms with Crippen molar-refractivity contribution < 1.29 is 12.8 Å². The Morgan fingerprint density at radius 3 is 2.17 bits per heavy atom. The normalized spacial score (nSPS) is 11.4. The second kappa shape index (κ2) is 5.89. The Balaban J connectivity index is 1.85. The summed E-state index contributed by atoms with van der Waals surface area (Å²) < 4.78 is 32.5. The van der Waals surface area contributed by atoms with Crippen LogP contribution in [0, 0.1) is 13.8 Å². The van der Waals surface area contributed by atoms with Crippen LogP contribution in [0.4, 0.5) is 5.69 Å². The van der Waals surface area contributed by atoms with Gasteiger partial charge >= 0.3 is 0 Å². The van der Waals surface area contributed by atoms with Crippen LogP contribution in [0.25, 0.3) is 11.3 Å². The number of benzene rings is 2. The van der Waals surface area contributed by atoms with Crippen LogP contribution in [0.15, 0.2) is 63.9 Å². The van der Waals surface area contributed by atoms with E-state index < -0.39 is 10.0 Å². The molecule has 5 nitrogen and oxygen atoms in total. The average molecular weight is 328 g/mol. The van der Waals surface area contributed by atoms with Gasteiger partial charge in [0.15, 0.2) is 5.89 Å². The van der Waals surface area contributed by atoms with Crippen LogP contribution in [0.2, 0.25) is 0 Å². The molecule has 118 valence electrons. The van der Waals surface area contributed by atoms with Gasteiger partial charge in [0, 0.05) is 18.2 Å². The fourth-order valence-corrected chi connectivity index (χ4v) is 3.39. The van der Waals surface area contributed by atoms with Gasteiger partial charge in [-0.1, -0.05) is 30.3 Å². The number of sulfonamides is 1. The summed E-state index contributed by atoms with van der Waals surface area (Å²) in [7, 11) is -3.58. The molecule has 3 rings (SSSR count). The zero-order valence-electron chi connectivity index (χ0n) is 12.8. The molecule has 0 radical (unpaired) electrons. The topological polar surface area (TPSA) is 72.2 Å². The van der Waals surface area contributed by atoms with Gasteiger partial charge in [-0.3, -0.25) is 4.72 Å². The van der Waals surface area contributed by atoms with E-state index in [4.69, 9.17) is 4.42 Å². The fourth-order valence-electron chi connectivity index (χ4n) is 2.31. The molecule has 1 heterocycles. The summed E-state index contributed by atoms with van der Waals surface area (Å²) in [5.74, 6) is 1.34. The Morgan fingerprint density at radius 2 is 1.61 bits per heavy atom. The fraction of sp³-hybridized carbons (Fsp3) is 0.118. The van der Waals surface area contributed by atoms with E-state index >= 15 is 0 Å². The van der Waals surface area contributed by atoms with Gasteiger partial charge in [-0.05, 0) is 31.2 Å². The number of aryl methyl sites for hydroxylation is 2. The first-order valence-electron chi connectivity index (χ1n) is 7.08. The molecule has 0 aliphatic rings. The highest BCUT2D eigenvalue weighted by Gasteiger charge is 2.14. The van der Waals surface area contributed by atoms with Crippen molar-refractivity contribution in [3.63, 3.8) is 0 Å². The average Bonchev–Trinajstić information content (AvgIpc) is 2.87. The van der Waals surface area contributed by atoms with Gasteiger partial charge in [-0.2, -0.15) is 0 Å². The Labute approximate surface area is 135 Å². The van der Waals surface area contributed by atoms with Gasteiger partial charge in [0.05, 0.1) is 4.90 Å². The molecule has 0 atom stereocenters. The first-order chi connectivity index (χ1) is 11.0. The predicted octanol–water partition coefficient (Wildman–Crippen LogP) is 3.76. The molecule has 3 aromatic rings. The van der Waals surface area contributed by atoms with Crippen molar-refractivity contribution in [1.29, 1.82) is 0 Å². The first kappa shape index (κ1) is 15.3. The largest absolute Gasteiger partial charge is 0.446 e. The molecule has 0 amide bonds. The Kier molecular flexibility index (Phi) is 3.92. The van der Waals surface area contributed by atoms with Gasteiger partial charge in [0.2, 0.25) is 0 Å². The van der Waals surface area contributed by atoms with Gasteiger partial charge < -0.3 is 4.42 Å². The molecular formula is C17H16N2O3S. The van der Waals surface area contributed by atoms with Crippen LogP contribution in [0.3, 0.4) is 0 Å². The van der Waals surface area contributed by atoms with Crippen LogP contribution >= 0.6 is 0 Å². The maximum atomic E-state index is 12.3. The lowest BCUT2D eigenvalue weighted by Gasteiger charge is -2.08. The van der Waals surface area contributed by atoms with Crippen LogP contribution in [-0.2, 0) is 10.0 Å². The first-order valence-corrected chi connectivity index (χ1v) is 8.56. The minimum atomic E-state index is -3.58. The van der Waals surface area contributed by atoms with Crippen molar-refractivity contribution in [3.8, 4) is 11.3 Å². The van der Waals surface area contributed by atoms with E-state index in [1.807, 2.05) is 19.1 Å². The summed E-state index contributed by atoms with van der Waals surface area (Å²) in [5.41, 5.74) is 2.14. The molecule has 0 spiro atoms. The Hall–Kier alpha value is -2.60. The molecule has 2 aromatic carbocycles. The minimum Gasteiger partial charge on any atom is -0.446 e. The summed E-state index contributed by atoms with van der Waals surface area (Å²) in [6, 6.07) is 15.3. The summed E-state index contributed by atoms with van der Waals surface area (Å²) in [4.78, 5) is 4.56. The molecule has 0 saturated heterocycles. The second-order valence-corrected chi connectivity index (χ2v) is 6.82. The molecular weight excluding hydrogens is 312 g/mol. The van der Waals surface area contributed by atoms with Crippen LogP contribution in [-0.4, -0.2) is 13.4 Å². The van der Waals surface area contributed by atoms with Crippen LogP contribution in [0.5, 0.6) is 0 Å². The molecule has 0 unspecified atom stereocenters. The van der Waals surface area contributed by atoms with Crippen molar-refractivity contribution >= 4 is 15.7 Å². The molecule has 0 aliphatic heterocycles. The zero-order chi connectivity index (χ0) is 16.4. The number of hydrogen-bond acceptors (Lipinski definition) is 4. The van der Waals surface area contributed by atoms with Gasteiger partial charge in [0.25, 0.3) is 10.0 Å². The highest BCUT2D eigenvalue weighted by molar-refractivity contribution is 7.92. The van der Waals surface area contributed by atoms with Crippen molar-refractivity contribution in [3.05, 3.63) is 66.2 Å². The zero-order valence-corrected chi connectivity index (χ0v) is 13.6. The van der Waals surface area contributed by atoms with E-state index in [0.29, 0.717) is 11.6 Å². The number of oxazole rings is 1. The summed E-state index contributed by atoms with van der Waals surface area (Å²) in [6.45, 7) is 3.64. The second-order valence-electron chi connectivity index (χ2n) is 5.13. The minimum absolute atomic E-state index is 0.229. The van der Waals surface area contributed by atoms with Gasteiger partial charge in [-0.15, -0.1) is 0 Å². The number of aromatic nitrogens is 1. The monoisotopic (exact) mass is 328 g/mol. The van der Waals surface area contributed by atoms with E-state index in [0.717, 1.165) is 17.0 Å². The van der Waals surface area contributed by atoms with Crippen molar-refractivity contribution in [2.45, 2.75) is 18.7 Å². The van der Waals surface area contributed by atoms with Gasteiger partial charge in [-0.25, -0.2) is 13.4 Å². The highest BCUT2D eigenvalue weighted by Crippen LogP contribution is 2.25. The van der Waals surface area contributed by atoms with Crippen molar-refractivity contribution in [2.75, 3.05) is 4.72 Å². The SMILES string of the molecule is Cc1nc(-c2ccc(NS(=O)(=O)c3ccccc3)cc2)c(C)o1. The lowest BCUT2D eigenvalue weighted by Crippen LogP contribution is -2.12. The Morgan fingerprint density at radius 1 is 0.957 bits per heavy atom. The Bertz CT molecular complexity index is 914. The van der Waals surface area contributed by atoms with E-state index in [9.17, 15) is 8.42 Å². The molecule has 0 aliphatic carbocycles. The quantitative estimate of drug-likeness (QED) is 0.791. The van der Waals surface area contributed by atoms with E-state index in [1.54, 1.807) is 49.4 Å². The number of nitrogens with one attached hydrogen (secondary N) is 1. The standard InChI is InChI=1S/C17H16N2O3S/c1-12-17(18-13(2)22-12)14-8-10-15(11-9-14)19-23(20,21)16-6-4-3-5-7-16/h3-11,19H,1-2H3. The third-order valence-corrected chi connectivity index (χ3v) is 4.76. The lowest BCUT2D eigenvalue weighted by atomic mass is 10.1. The molecule has 0 saturated carbocycles. The summed E-state index contributed by atoms with van der Waals surface area (Å²) in [5, 5.41) is 0. The van der Waals surface area contributed by atoms with Crippen LogP contribution < -0.4 is 4.72 Å². The smallest absolute Gasteiger partial charge is 0.261 e. The number of nitrogens with zero attached hydrogens (tertiary/aromatic N) is 1. The highest BCUT2D eigenvalue weighted by atomic mass is 32.2. The maximum Gasteiger partial charge on any atom is 0.261 e. The molecule has 0 bridgehead atoms.